The van der Waals surface area contributed by atoms with Gasteiger partial charge in [-0.3, -0.25) is 9.47 Å². The molecule has 2 aromatic carbocycles. The molecule has 0 bridgehead atoms. The minimum absolute atomic E-state index is 0.170. The van der Waals surface area contributed by atoms with Crippen LogP contribution >= 0.6 is 11.8 Å². The number of piperidine rings is 1. The summed E-state index contributed by atoms with van der Waals surface area (Å²) < 4.78 is 15.6. The number of halogens is 1. The van der Waals surface area contributed by atoms with Crippen LogP contribution in [-0.2, 0) is 5.75 Å². The SMILES string of the molecule is CC(c1nnc(SCc2ccccc2)n1-c1ccc(F)cc1)N1CCCCC1. The molecule has 1 unspecified atom stereocenters. The quantitative estimate of drug-likeness (QED) is 0.533. The maximum atomic E-state index is 13.5. The lowest BCUT2D eigenvalue weighted by Crippen LogP contribution is -2.33. The molecule has 1 atom stereocenters. The van der Waals surface area contributed by atoms with Crippen LogP contribution in [0.25, 0.3) is 5.69 Å². The highest BCUT2D eigenvalue weighted by atomic mass is 32.2. The van der Waals surface area contributed by atoms with Crippen molar-refractivity contribution in [2.75, 3.05) is 13.1 Å². The fourth-order valence-corrected chi connectivity index (χ4v) is 4.58. The van der Waals surface area contributed by atoms with Gasteiger partial charge in [0, 0.05) is 11.4 Å². The van der Waals surface area contributed by atoms with Gasteiger partial charge in [-0.15, -0.1) is 10.2 Å². The zero-order valence-corrected chi connectivity index (χ0v) is 16.9. The van der Waals surface area contributed by atoms with Crippen molar-refractivity contribution in [2.24, 2.45) is 0 Å². The smallest absolute Gasteiger partial charge is 0.196 e. The van der Waals surface area contributed by atoms with Gasteiger partial charge >= 0.3 is 0 Å². The molecular formula is C22H25FN4S. The van der Waals surface area contributed by atoms with Gasteiger partial charge in [-0.2, -0.15) is 0 Å². The molecule has 1 aliphatic heterocycles. The third-order valence-electron chi connectivity index (χ3n) is 5.27. The Morgan fingerprint density at radius 1 is 0.964 bits per heavy atom. The number of hydrogen-bond donors (Lipinski definition) is 0. The molecule has 0 spiro atoms. The van der Waals surface area contributed by atoms with Gasteiger partial charge in [0.1, 0.15) is 5.82 Å². The van der Waals surface area contributed by atoms with Crippen LogP contribution in [0.15, 0.2) is 59.8 Å². The lowest BCUT2D eigenvalue weighted by molar-refractivity contribution is 0.167. The summed E-state index contributed by atoms with van der Waals surface area (Å²) in [6.07, 6.45) is 3.75. The van der Waals surface area contributed by atoms with Crippen LogP contribution in [0.1, 0.15) is 43.6 Å². The average Bonchev–Trinajstić information content (AvgIpc) is 3.17. The van der Waals surface area contributed by atoms with Crippen molar-refractivity contribution in [1.82, 2.24) is 19.7 Å². The normalized spacial score (nSPS) is 16.2. The number of rotatable bonds is 6. The van der Waals surface area contributed by atoms with Gasteiger partial charge in [0.05, 0.1) is 6.04 Å². The Balaban J connectivity index is 1.65. The van der Waals surface area contributed by atoms with E-state index in [0.29, 0.717) is 0 Å². The van der Waals surface area contributed by atoms with Gasteiger partial charge in [0.2, 0.25) is 0 Å². The molecule has 28 heavy (non-hydrogen) atoms. The Morgan fingerprint density at radius 3 is 2.39 bits per heavy atom. The molecule has 0 N–H and O–H groups in total. The van der Waals surface area contributed by atoms with Gasteiger partial charge in [0.25, 0.3) is 0 Å². The zero-order chi connectivity index (χ0) is 19.3. The summed E-state index contributed by atoms with van der Waals surface area (Å²) in [7, 11) is 0. The molecular weight excluding hydrogens is 371 g/mol. The van der Waals surface area contributed by atoms with E-state index in [1.54, 1.807) is 23.9 Å². The predicted octanol–water partition coefficient (Wildman–Crippen LogP) is 5.25. The summed E-state index contributed by atoms with van der Waals surface area (Å²) in [5, 5.41) is 9.90. The Hall–Kier alpha value is -2.18. The summed E-state index contributed by atoms with van der Waals surface area (Å²) in [6.45, 7) is 4.37. The molecule has 1 aromatic heterocycles. The van der Waals surface area contributed by atoms with Crippen LogP contribution in [0.4, 0.5) is 4.39 Å². The van der Waals surface area contributed by atoms with E-state index in [2.05, 4.69) is 38.7 Å². The topological polar surface area (TPSA) is 34.0 Å². The van der Waals surface area contributed by atoms with E-state index in [4.69, 9.17) is 0 Å². The van der Waals surface area contributed by atoms with Gasteiger partial charge in [-0.1, -0.05) is 48.5 Å². The van der Waals surface area contributed by atoms with Crippen molar-refractivity contribution in [3.8, 4) is 5.69 Å². The number of aromatic nitrogens is 3. The van der Waals surface area contributed by atoms with E-state index >= 15 is 0 Å². The summed E-state index contributed by atoms with van der Waals surface area (Å²) in [6, 6.07) is 17.1. The van der Waals surface area contributed by atoms with Gasteiger partial charge in [-0.05, 0) is 62.7 Å². The Bertz CT molecular complexity index is 889. The lowest BCUT2D eigenvalue weighted by atomic mass is 10.1. The minimum Gasteiger partial charge on any atom is -0.294 e. The summed E-state index contributed by atoms with van der Waals surface area (Å²) in [4.78, 5) is 2.47. The highest BCUT2D eigenvalue weighted by Gasteiger charge is 2.25. The van der Waals surface area contributed by atoms with Crippen molar-refractivity contribution in [3.63, 3.8) is 0 Å². The number of benzene rings is 2. The summed E-state index contributed by atoms with van der Waals surface area (Å²) in [5.41, 5.74) is 2.15. The zero-order valence-electron chi connectivity index (χ0n) is 16.1. The molecule has 1 fully saturated rings. The molecule has 1 aliphatic rings. The van der Waals surface area contributed by atoms with Crippen molar-refractivity contribution >= 4 is 11.8 Å². The predicted molar refractivity (Wildman–Crippen MR) is 111 cm³/mol. The van der Waals surface area contributed by atoms with E-state index in [1.165, 1.54) is 37.0 Å². The van der Waals surface area contributed by atoms with Crippen LogP contribution in [-0.4, -0.2) is 32.8 Å². The average molecular weight is 397 g/mol. The molecule has 1 saturated heterocycles. The second-order valence-electron chi connectivity index (χ2n) is 7.20. The highest BCUT2D eigenvalue weighted by molar-refractivity contribution is 7.98. The molecule has 0 radical (unpaired) electrons. The monoisotopic (exact) mass is 396 g/mol. The van der Waals surface area contributed by atoms with Crippen LogP contribution in [0.5, 0.6) is 0 Å². The minimum atomic E-state index is -0.235. The third kappa shape index (κ3) is 4.28. The molecule has 0 saturated carbocycles. The molecule has 146 valence electrons. The first-order chi connectivity index (χ1) is 13.7. The van der Waals surface area contributed by atoms with Crippen LogP contribution in [0.2, 0.25) is 0 Å². The Morgan fingerprint density at radius 2 is 1.68 bits per heavy atom. The maximum absolute atomic E-state index is 13.5. The third-order valence-corrected chi connectivity index (χ3v) is 6.27. The second kappa shape index (κ2) is 8.88. The number of nitrogens with zero attached hydrogens (tertiary/aromatic N) is 4. The maximum Gasteiger partial charge on any atom is 0.196 e. The largest absolute Gasteiger partial charge is 0.294 e. The number of thioether (sulfide) groups is 1. The standard InChI is InChI=1S/C22H25FN4S/c1-17(26-14-6-3-7-15-26)21-24-25-22(28-16-18-8-4-2-5-9-18)27(21)20-12-10-19(23)11-13-20/h2,4-5,8-13,17H,3,6-7,14-16H2,1H3. The van der Waals surface area contributed by atoms with Gasteiger partial charge < -0.3 is 0 Å². The van der Waals surface area contributed by atoms with Crippen LogP contribution in [0.3, 0.4) is 0 Å². The highest BCUT2D eigenvalue weighted by Crippen LogP contribution is 2.30. The molecule has 2 heterocycles. The van der Waals surface area contributed by atoms with Crippen LogP contribution < -0.4 is 0 Å². The molecule has 4 nitrogen and oxygen atoms in total. The first-order valence-corrected chi connectivity index (χ1v) is 10.8. The van der Waals surface area contributed by atoms with Crippen molar-refractivity contribution < 1.29 is 4.39 Å². The Labute approximate surface area is 169 Å². The van der Waals surface area contributed by atoms with E-state index in [1.807, 2.05) is 18.2 Å². The summed E-state index contributed by atoms with van der Waals surface area (Å²) >= 11 is 1.66. The molecule has 4 rings (SSSR count). The fourth-order valence-electron chi connectivity index (χ4n) is 3.67. The second-order valence-corrected chi connectivity index (χ2v) is 8.14. The fraction of sp³-hybridized carbons (Fsp3) is 0.364. The molecule has 6 heteroatoms. The summed E-state index contributed by atoms with van der Waals surface area (Å²) in [5.74, 6) is 1.50. The van der Waals surface area contributed by atoms with E-state index in [9.17, 15) is 4.39 Å². The first kappa shape index (κ1) is 19.2. The number of likely N-dealkylation sites (tertiary alicyclic amines) is 1. The van der Waals surface area contributed by atoms with Crippen molar-refractivity contribution in [3.05, 3.63) is 71.8 Å². The Kier molecular flexibility index (Phi) is 6.07. The van der Waals surface area contributed by atoms with E-state index in [0.717, 1.165) is 35.5 Å². The molecule has 0 amide bonds. The first-order valence-electron chi connectivity index (χ1n) is 9.84. The van der Waals surface area contributed by atoms with E-state index in [-0.39, 0.29) is 11.9 Å². The molecule has 3 aromatic rings. The van der Waals surface area contributed by atoms with Crippen LogP contribution in [0, 0.1) is 5.82 Å². The number of hydrogen-bond acceptors (Lipinski definition) is 4. The van der Waals surface area contributed by atoms with Crippen molar-refractivity contribution in [1.29, 1.82) is 0 Å². The lowest BCUT2D eigenvalue weighted by Gasteiger charge is -2.31. The molecule has 0 aliphatic carbocycles. The van der Waals surface area contributed by atoms with Crippen molar-refractivity contribution in [2.45, 2.75) is 43.1 Å². The van der Waals surface area contributed by atoms with Gasteiger partial charge in [-0.25, -0.2) is 4.39 Å². The van der Waals surface area contributed by atoms with Gasteiger partial charge in [0.15, 0.2) is 11.0 Å². The van der Waals surface area contributed by atoms with E-state index < -0.39 is 0 Å².